The summed E-state index contributed by atoms with van der Waals surface area (Å²) in [5, 5.41) is 14.7. The predicted molar refractivity (Wildman–Crippen MR) is 83.3 cm³/mol. The molecular weight excluding hydrogens is 284 g/mol. The second-order valence-electron chi connectivity index (χ2n) is 7.22. The lowest BCUT2D eigenvalue weighted by Crippen LogP contribution is -2.48. The average molecular weight is 312 g/mol. The molecule has 2 amide bonds. The molecule has 0 aromatic carbocycles. The molecule has 1 aliphatic carbocycles. The molecule has 1 rings (SSSR count). The molecule has 1 saturated carbocycles. The van der Waals surface area contributed by atoms with Gasteiger partial charge >= 0.3 is 5.97 Å². The summed E-state index contributed by atoms with van der Waals surface area (Å²) >= 11 is 0. The molecule has 0 bridgehead atoms. The zero-order valence-electron chi connectivity index (χ0n) is 13.8. The van der Waals surface area contributed by atoms with Crippen molar-refractivity contribution in [1.29, 1.82) is 0 Å². The van der Waals surface area contributed by atoms with Gasteiger partial charge in [0.05, 0.1) is 12.0 Å². The molecule has 1 fully saturated rings. The van der Waals surface area contributed by atoms with Crippen LogP contribution in [0.1, 0.15) is 65.7 Å². The summed E-state index contributed by atoms with van der Waals surface area (Å²) in [4.78, 5) is 34.7. The molecule has 0 aliphatic heterocycles. The van der Waals surface area contributed by atoms with Gasteiger partial charge in [0.1, 0.15) is 0 Å². The molecule has 6 nitrogen and oxygen atoms in total. The van der Waals surface area contributed by atoms with Gasteiger partial charge in [0.2, 0.25) is 11.8 Å². The number of carboxylic acid groups (broad SMARTS) is 1. The molecule has 3 N–H and O–H groups in total. The fraction of sp³-hybridized carbons (Fsp3) is 0.812. The van der Waals surface area contributed by atoms with Crippen LogP contribution in [0.2, 0.25) is 0 Å². The Labute approximate surface area is 132 Å². The van der Waals surface area contributed by atoms with E-state index in [1.807, 2.05) is 20.8 Å². The van der Waals surface area contributed by atoms with Crippen LogP contribution in [-0.2, 0) is 14.4 Å². The van der Waals surface area contributed by atoms with Gasteiger partial charge in [-0.25, -0.2) is 0 Å². The van der Waals surface area contributed by atoms with Crippen molar-refractivity contribution in [1.82, 2.24) is 10.6 Å². The van der Waals surface area contributed by atoms with Crippen molar-refractivity contribution in [3.63, 3.8) is 0 Å². The van der Waals surface area contributed by atoms with E-state index in [4.69, 9.17) is 5.11 Å². The maximum atomic E-state index is 12.0. The van der Waals surface area contributed by atoms with Crippen molar-refractivity contribution in [3.05, 3.63) is 0 Å². The Hall–Kier alpha value is -1.59. The monoisotopic (exact) mass is 312 g/mol. The molecule has 0 atom stereocenters. The highest BCUT2D eigenvalue weighted by molar-refractivity contribution is 5.81. The minimum Gasteiger partial charge on any atom is -0.481 e. The van der Waals surface area contributed by atoms with Gasteiger partial charge in [0, 0.05) is 18.4 Å². The van der Waals surface area contributed by atoms with E-state index in [9.17, 15) is 14.4 Å². The van der Waals surface area contributed by atoms with Gasteiger partial charge in [-0.1, -0.05) is 33.6 Å². The first-order valence-electron chi connectivity index (χ1n) is 7.96. The first-order valence-corrected chi connectivity index (χ1v) is 7.96. The Balaban J connectivity index is 2.33. The lowest BCUT2D eigenvalue weighted by Gasteiger charge is -2.28. The number of rotatable bonds is 7. The maximum Gasteiger partial charge on any atom is 0.305 e. The summed E-state index contributed by atoms with van der Waals surface area (Å²) in [5.74, 6) is -1.04. The van der Waals surface area contributed by atoms with Crippen molar-refractivity contribution in [2.75, 3.05) is 6.54 Å². The van der Waals surface area contributed by atoms with Gasteiger partial charge < -0.3 is 15.7 Å². The highest BCUT2D eigenvalue weighted by atomic mass is 16.4. The number of carboxylic acids is 1. The van der Waals surface area contributed by atoms with Gasteiger partial charge in [0.25, 0.3) is 0 Å². The number of hydrogen-bond acceptors (Lipinski definition) is 3. The van der Waals surface area contributed by atoms with Crippen molar-refractivity contribution in [2.45, 2.75) is 71.3 Å². The topological polar surface area (TPSA) is 95.5 Å². The van der Waals surface area contributed by atoms with Crippen LogP contribution < -0.4 is 10.6 Å². The van der Waals surface area contributed by atoms with Crippen LogP contribution in [0, 0.1) is 5.41 Å². The van der Waals surface area contributed by atoms with E-state index in [0.717, 1.165) is 25.7 Å². The van der Waals surface area contributed by atoms with Gasteiger partial charge in [-0.05, 0) is 19.3 Å². The number of aliphatic carboxylic acids is 1. The molecule has 0 unspecified atom stereocenters. The van der Waals surface area contributed by atoms with E-state index in [1.165, 1.54) is 0 Å². The van der Waals surface area contributed by atoms with Crippen LogP contribution >= 0.6 is 0 Å². The van der Waals surface area contributed by atoms with E-state index < -0.39 is 16.9 Å². The molecule has 0 heterocycles. The van der Waals surface area contributed by atoms with E-state index in [1.54, 1.807) is 0 Å². The zero-order valence-corrected chi connectivity index (χ0v) is 13.8. The second-order valence-corrected chi connectivity index (χ2v) is 7.22. The summed E-state index contributed by atoms with van der Waals surface area (Å²) in [7, 11) is 0. The van der Waals surface area contributed by atoms with Crippen molar-refractivity contribution < 1.29 is 19.5 Å². The Kier molecular flexibility index (Phi) is 6.38. The second kappa shape index (κ2) is 7.61. The molecular formula is C16H28N2O4. The van der Waals surface area contributed by atoms with Crippen molar-refractivity contribution >= 4 is 17.8 Å². The standard InChI is InChI=1S/C16H28N2O4/c1-15(2,3)14(22)17-10-6-7-12(19)18-16(11-13(20)21)8-4-5-9-16/h4-11H2,1-3H3,(H,17,22)(H,18,19)(H,20,21). The Morgan fingerprint density at radius 2 is 1.73 bits per heavy atom. The van der Waals surface area contributed by atoms with Crippen molar-refractivity contribution in [3.8, 4) is 0 Å². The van der Waals surface area contributed by atoms with E-state index >= 15 is 0 Å². The summed E-state index contributed by atoms with van der Waals surface area (Å²) in [5.41, 5.74) is -1.00. The zero-order chi connectivity index (χ0) is 16.8. The maximum absolute atomic E-state index is 12.0. The summed E-state index contributed by atoms with van der Waals surface area (Å²) < 4.78 is 0. The van der Waals surface area contributed by atoms with E-state index in [2.05, 4.69) is 10.6 Å². The molecule has 0 spiro atoms. The number of hydrogen-bond donors (Lipinski definition) is 3. The highest BCUT2D eigenvalue weighted by Crippen LogP contribution is 2.32. The molecule has 126 valence electrons. The molecule has 22 heavy (non-hydrogen) atoms. The fourth-order valence-electron chi connectivity index (χ4n) is 2.76. The molecule has 0 radical (unpaired) electrons. The predicted octanol–water partition coefficient (Wildman–Crippen LogP) is 1.83. The van der Waals surface area contributed by atoms with Crippen LogP contribution in [0.4, 0.5) is 0 Å². The quantitative estimate of drug-likeness (QED) is 0.625. The first-order chi connectivity index (χ1) is 10.1. The van der Waals surface area contributed by atoms with Gasteiger partial charge in [-0.3, -0.25) is 14.4 Å². The van der Waals surface area contributed by atoms with E-state index in [-0.39, 0.29) is 18.2 Å². The number of carbonyl (C=O) groups excluding carboxylic acids is 2. The lowest BCUT2D eigenvalue weighted by atomic mass is 9.93. The third-order valence-corrected chi connectivity index (χ3v) is 4.00. The molecule has 0 aromatic rings. The first kappa shape index (κ1) is 18.5. The summed E-state index contributed by atoms with van der Waals surface area (Å²) in [6.07, 6.45) is 4.20. The molecule has 0 aromatic heterocycles. The minimum atomic E-state index is -0.875. The number of amides is 2. The van der Waals surface area contributed by atoms with E-state index in [0.29, 0.717) is 19.4 Å². The number of carbonyl (C=O) groups is 3. The highest BCUT2D eigenvalue weighted by Gasteiger charge is 2.37. The molecule has 0 saturated heterocycles. The Bertz CT molecular complexity index is 420. The normalized spacial score (nSPS) is 17.0. The Morgan fingerprint density at radius 1 is 1.14 bits per heavy atom. The van der Waals surface area contributed by atoms with Gasteiger partial charge in [-0.2, -0.15) is 0 Å². The molecule has 6 heteroatoms. The van der Waals surface area contributed by atoms with Gasteiger partial charge in [0.15, 0.2) is 0 Å². The summed E-state index contributed by atoms with van der Waals surface area (Å²) in [6, 6.07) is 0. The third-order valence-electron chi connectivity index (χ3n) is 4.00. The van der Waals surface area contributed by atoms with Crippen LogP contribution in [0.15, 0.2) is 0 Å². The van der Waals surface area contributed by atoms with Crippen LogP contribution in [-0.4, -0.2) is 35.0 Å². The fourth-order valence-corrected chi connectivity index (χ4v) is 2.76. The Morgan fingerprint density at radius 3 is 2.23 bits per heavy atom. The molecule has 1 aliphatic rings. The lowest BCUT2D eigenvalue weighted by molar-refractivity contribution is -0.139. The number of nitrogens with one attached hydrogen (secondary N) is 2. The summed E-state index contributed by atoms with van der Waals surface area (Å²) in [6.45, 7) is 5.97. The third kappa shape index (κ3) is 6.03. The van der Waals surface area contributed by atoms with Gasteiger partial charge in [-0.15, -0.1) is 0 Å². The minimum absolute atomic E-state index is 0.0144. The van der Waals surface area contributed by atoms with Crippen LogP contribution in [0.3, 0.4) is 0 Å². The smallest absolute Gasteiger partial charge is 0.305 e. The SMILES string of the molecule is CC(C)(C)C(=O)NCCCC(=O)NC1(CC(=O)O)CCCC1. The average Bonchev–Trinajstić information content (AvgIpc) is 2.80. The largest absolute Gasteiger partial charge is 0.481 e. The van der Waals surface area contributed by atoms with Crippen molar-refractivity contribution in [2.24, 2.45) is 5.41 Å². The van der Waals surface area contributed by atoms with Crippen LogP contribution in [0.5, 0.6) is 0 Å². The van der Waals surface area contributed by atoms with Crippen LogP contribution in [0.25, 0.3) is 0 Å².